The molecule has 1 saturated heterocycles. The first kappa shape index (κ1) is 25.1. The molecule has 0 aromatic carbocycles. The minimum atomic E-state index is -0.446. The number of fused-ring (bicyclic) bond motifs is 1. The average molecular weight is 445 g/mol. The van der Waals surface area contributed by atoms with Crippen LogP contribution in [0.4, 0.5) is 0 Å². The molecule has 0 N–H and O–H groups in total. The van der Waals surface area contributed by atoms with Gasteiger partial charge in [-0.25, -0.2) is 0 Å². The van der Waals surface area contributed by atoms with Crippen LogP contribution in [-0.2, 0) is 19.1 Å². The third kappa shape index (κ3) is 6.05. The van der Waals surface area contributed by atoms with Crippen molar-refractivity contribution in [3.8, 4) is 0 Å². The number of unbranched alkanes of at least 4 members (excludes halogenated alkanes) is 1. The van der Waals surface area contributed by atoms with E-state index >= 15 is 0 Å². The van der Waals surface area contributed by atoms with Gasteiger partial charge >= 0.3 is 11.9 Å². The third-order valence-corrected chi connectivity index (χ3v) is 7.86. The minimum Gasteiger partial charge on any atom is -0.462 e. The Morgan fingerprint density at radius 1 is 1.19 bits per heavy atom. The van der Waals surface area contributed by atoms with Crippen LogP contribution < -0.4 is 0 Å². The number of hydrogen-bond acceptors (Lipinski definition) is 4. The Labute approximate surface area is 195 Å². The third-order valence-electron chi connectivity index (χ3n) is 7.86. The molecule has 2 aliphatic carbocycles. The SMILES string of the molecule is CCCCC(C)(C)C(=O)O[C@H]1C[C@@H](C)C=C2C=C[C@H](C)[C@H](CC[C@@H]3C[C@@H](C)CC(=O)O3)[C@H]21. The van der Waals surface area contributed by atoms with Crippen LogP contribution in [0.5, 0.6) is 0 Å². The van der Waals surface area contributed by atoms with Crippen molar-refractivity contribution >= 4 is 11.9 Å². The van der Waals surface area contributed by atoms with Crippen LogP contribution in [0, 0.1) is 35.0 Å². The van der Waals surface area contributed by atoms with E-state index in [4.69, 9.17) is 9.47 Å². The zero-order chi connectivity index (χ0) is 23.5. The van der Waals surface area contributed by atoms with Gasteiger partial charge in [-0.05, 0) is 75.2 Å². The summed E-state index contributed by atoms with van der Waals surface area (Å²) in [5.41, 5.74) is 0.878. The van der Waals surface area contributed by atoms with Crippen molar-refractivity contribution in [2.45, 2.75) is 105 Å². The van der Waals surface area contributed by atoms with Crippen LogP contribution in [0.3, 0.4) is 0 Å². The van der Waals surface area contributed by atoms with Gasteiger partial charge in [-0.2, -0.15) is 0 Å². The van der Waals surface area contributed by atoms with Gasteiger partial charge in [0, 0.05) is 12.3 Å². The Kier molecular flexibility index (Phi) is 8.27. The van der Waals surface area contributed by atoms with Gasteiger partial charge in [0.15, 0.2) is 0 Å². The molecular formula is C28H44O4. The first-order chi connectivity index (χ1) is 15.1. The molecule has 4 heteroatoms. The van der Waals surface area contributed by atoms with Gasteiger partial charge in [0.2, 0.25) is 0 Å². The zero-order valence-electron chi connectivity index (χ0n) is 21.1. The second kappa shape index (κ2) is 10.6. The van der Waals surface area contributed by atoms with E-state index in [1.54, 1.807) is 0 Å². The van der Waals surface area contributed by atoms with Crippen LogP contribution in [0.2, 0.25) is 0 Å². The number of allylic oxidation sites excluding steroid dienone is 3. The van der Waals surface area contributed by atoms with Crippen molar-refractivity contribution in [1.29, 1.82) is 0 Å². The van der Waals surface area contributed by atoms with E-state index < -0.39 is 5.41 Å². The quantitative estimate of drug-likeness (QED) is 0.394. The van der Waals surface area contributed by atoms with Crippen molar-refractivity contribution in [3.63, 3.8) is 0 Å². The zero-order valence-corrected chi connectivity index (χ0v) is 21.1. The molecular weight excluding hydrogens is 400 g/mol. The lowest BCUT2D eigenvalue weighted by Gasteiger charge is -2.44. The van der Waals surface area contributed by atoms with Gasteiger partial charge in [-0.3, -0.25) is 9.59 Å². The monoisotopic (exact) mass is 444 g/mol. The Morgan fingerprint density at radius 2 is 1.94 bits per heavy atom. The Morgan fingerprint density at radius 3 is 2.62 bits per heavy atom. The predicted molar refractivity (Wildman–Crippen MR) is 128 cm³/mol. The molecule has 0 amide bonds. The first-order valence-electron chi connectivity index (χ1n) is 12.9. The molecule has 3 aliphatic rings. The van der Waals surface area contributed by atoms with Crippen LogP contribution in [0.1, 0.15) is 92.9 Å². The maximum atomic E-state index is 13.2. The van der Waals surface area contributed by atoms with E-state index in [-0.39, 0.29) is 30.1 Å². The molecule has 1 fully saturated rings. The van der Waals surface area contributed by atoms with Gasteiger partial charge in [0.1, 0.15) is 12.2 Å². The smallest absolute Gasteiger partial charge is 0.311 e. The van der Waals surface area contributed by atoms with Crippen molar-refractivity contribution in [1.82, 2.24) is 0 Å². The summed E-state index contributed by atoms with van der Waals surface area (Å²) < 4.78 is 12.0. The van der Waals surface area contributed by atoms with Crippen molar-refractivity contribution in [2.24, 2.45) is 35.0 Å². The van der Waals surface area contributed by atoms with Crippen molar-refractivity contribution in [3.05, 3.63) is 23.8 Å². The van der Waals surface area contributed by atoms with Gasteiger partial charge in [-0.15, -0.1) is 0 Å². The normalized spacial score (nSPS) is 35.0. The topological polar surface area (TPSA) is 52.6 Å². The maximum Gasteiger partial charge on any atom is 0.311 e. The molecule has 0 spiro atoms. The van der Waals surface area contributed by atoms with E-state index in [0.717, 1.165) is 44.9 Å². The molecule has 0 radical (unpaired) electrons. The molecule has 7 atom stereocenters. The molecule has 0 unspecified atom stereocenters. The average Bonchev–Trinajstić information content (AvgIpc) is 2.71. The molecule has 0 aromatic heterocycles. The molecule has 0 bridgehead atoms. The van der Waals surface area contributed by atoms with E-state index in [1.807, 2.05) is 13.8 Å². The molecule has 1 heterocycles. The summed E-state index contributed by atoms with van der Waals surface area (Å²) >= 11 is 0. The van der Waals surface area contributed by atoms with E-state index in [9.17, 15) is 9.59 Å². The highest BCUT2D eigenvalue weighted by Crippen LogP contribution is 2.46. The number of carbonyl (C=O) groups is 2. The summed E-state index contributed by atoms with van der Waals surface area (Å²) in [6.45, 7) is 12.8. The van der Waals surface area contributed by atoms with Crippen molar-refractivity contribution < 1.29 is 19.1 Å². The number of hydrogen-bond donors (Lipinski definition) is 0. The summed E-state index contributed by atoms with van der Waals surface area (Å²) in [6.07, 6.45) is 14.1. The molecule has 32 heavy (non-hydrogen) atoms. The first-order valence-corrected chi connectivity index (χ1v) is 12.9. The van der Waals surface area contributed by atoms with Gasteiger partial charge < -0.3 is 9.47 Å². The minimum absolute atomic E-state index is 0.0216. The Balaban J connectivity index is 1.74. The summed E-state index contributed by atoms with van der Waals surface area (Å²) in [5, 5.41) is 0. The van der Waals surface area contributed by atoms with E-state index in [0.29, 0.717) is 30.1 Å². The largest absolute Gasteiger partial charge is 0.462 e. The van der Waals surface area contributed by atoms with Crippen LogP contribution in [0.25, 0.3) is 0 Å². The Bertz CT molecular complexity index is 734. The van der Waals surface area contributed by atoms with Crippen LogP contribution in [0.15, 0.2) is 23.8 Å². The molecule has 4 nitrogen and oxygen atoms in total. The highest BCUT2D eigenvalue weighted by molar-refractivity contribution is 5.76. The van der Waals surface area contributed by atoms with Crippen LogP contribution >= 0.6 is 0 Å². The Hall–Kier alpha value is -1.58. The van der Waals surface area contributed by atoms with E-state index in [1.165, 1.54) is 5.57 Å². The standard InChI is InChI=1S/C28H44O4/c1-7-8-13-28(5,6)27(30)32-24-16-18(2)14-21-10-9-20(4)23(26(21)24)12-11-22-15-19(3)17-25(29)31-22/h9-10,14,18-20,22-24,26H,7-8,11-13,15-17H2,1-6H3/t18-,19+,20-,22+,23-,24-,26-/m0/s1. The lowest BCUT2D eigenvalue weighted by atomic mass is 9.65. The summed E-state index contributed by atoms with van der Waals surface area (Å²) in [7, 11) is 0. The predicted octanol–water partition coefficient (Wildman–Crippen LogP) is 6.64. The lowest BCUT2D eigenvalue weighted by molar-refractivity contribution is -0.165. The highest BCUT2D eigenvalue weighted by atomic mass is 16.5. The number of cyclic esters (lactones) is 1. The van der Waals surface area contributed by atoms with Gasteiger partial charge in [0.25, 0.3) is 0 Å². The second-order valence-electron chi connectivity index (χ2n) is 11.5. The number of carbonyl (C=O) groups excluding carboxylic acids is 2. The summed E-state index contributed by atoms with van der Waals surface area (Å²) in [4.78, 5) is 25.1. The summed E-state index contributed by atoms with van der Waals surface area (Å²) in [5.74, 6) is 1.72. The van der Waals surface area contributed by atoms with E-state index in [2.05, 4.69) is 45.9 Å². The molecule has 180 valence electrons. The molecule has 0 aromatic rings. The molecule has 1 aliphatic heterocycles. The number of rotatable bonds is 8. The highest BCUT2D eigenvalue weighted by Gasteiger charge is 2.43. The molecule has 0 saturated carbocycles. The summed E-state index contributed by atoms with van der Waals surface area (Å²) in [6, 6.07) is 0. The van der Waals surface area contributed by atoms with Gasteiger partial charge in [0.05, 0.1) is 5.41 Å². The fourth-order valence-corrected chi connectivity index (χ4v) is 5.89. The van der Waals surface area contributed by atoms with Crippen molar-refractivity contribution in [2.75, 3.05) is 0 Å². The second-order valence-corrected chi connectivity index (χ2v) is 11.5. The lowest BCUT2D eigenvalue weighted by Crippen LogP contribution is -2.43. The van der Waals surface area contributed by atoms with Gasteiger partial charge in [-0.1, -0.05) is 58.8 Å². The van der Waals surface area contributed by atoms with Crippen LogP contribution in [-0.4, -0.2) is 24.1 Å². The fourth-order valence-electron chi connectivity index (χ4n) is 5.89. The number of esters is 2. The fraction of sp³-hybridized carbons (Fsp3) is 0.786. The maximum absolute atomic E-state index is 13.2. The molecule has 3 rings (SSSR count). The number of ether oxygens (including phenoxy) is 2.